The highest BCUT2D eigenvalue weighted by Crippen LogP contribution is 2.43. The monoisotopic (exact) mass is 425 g/mol. The molecule has 0 saturated carbocycles. The van der Waals surface area contributed by atoms with E-state index in [1.807, 2.05) is 40.9 Å². The second-order valence-corrected chi connectivity index (χ2v) is 7.54. The van der Waals surface area contributed by atoms with Gasteiger partial charge < -0.3 is 18.9 Å². The molecule has 2 heterocycles. The number of aryl methyl sites for hydroxylation is 1. The summed E-state index contributed by atoms with van der Waals surface area (Å²) in [6, 6.07) is 11.7. The number of hydrogen-bond donors (Lipinski definition) is 0. The predicted octanol–water partition coefficient (Wildman–Crippen LogP) is 4.72. The lowest BCUT2D eigenvalue weighted by molar-refractivity contribution is 0.324. The molecule has 0 atom stereocenters. The molecule has 8 heteroatoms. The van der Waals surface area contributed by atoms with Crippen molar-refractivity contribution in [1.29, 1.82) is 0 Å². The number of methoxy groups -OCH3 is 4. The van der Waals surface area contributed by atoms with Crippen molar-refractivity contribution in [2.45, 2.75) is 13.3 Å². The predicted molar refractivity (Wildman–Crippen MR) is 117 cm³/mol. The Morgan fingerprint density at radius 2 is 1.53 bits per heavy atom. The maximum atomic E-state index is 5.54. The Bertz CT molecular complexity index is 1160. The minimum absolute atomic E-state index is 0.544. The Morgan fingerprint density at radius 3 is 2.07 bits per heavy atom. The molecule has 2 aromatic carbocycles. The summed E-state index contributed by atoms with van der Waals surface area (Å²) < 4.78 is 23.8. The first-order valence-electron chi connectivity index (χ1n) is 9.46. The highest BCUT2D eigenvalue weighted by atomic mass is 32.1. The largest absolute Gasteiger partial charge is 0.497 e. The van der Waals surface area contributed by atoms with Crippen molar-refractivity contribution in [1.82, 2.24) is 14.6 Å². The average Bonchev–Trinajstić information content (AvgIpc) is 3.35. The van der Waals surface area contributed by atoms with Gasteiger partial charge in [-0.2, -0.15) is 5.10 Å². The van der Waals surface area contributed by atoms with Gasteiger partial charge in [-0.3, -0.25) is 0 Å². The second-order valence-electron chi connectivity index (χ2n) is 6.50. The van der Waals surface area contributed by atoms with E-state index >= 15 is 0 Å². The van der Waals surface area contributed by atoms with Gasteiger partial charge in [0, 0.05) is 11.1 Å². The van der Waals surface area contributed by atoms with Crippen LogP contribution < -0.4 is 18.9 Å². The summed E-state index contributed by atoms with van der Waals surface area (Å²) in [7, 11) is 6.45. The summed E-state index contributed by atoms with van der Waals surface area (Å²) in [6.07, 6.45) is 0.857. The molecular formula is C22H23N3O4S. The van der Waals surface area contributed by atoms with Gasteiger partial charge in [-0.1, -0.05) is 18.3 Å². The minimum Gasteiger partial charge on any atom is -0.497 e. The van der Waals surface area contributed by atoms with Crippen molar-refractivity contribution in [2.75, 3.05) is 28.4 Å². The topological polar surface area (TPSA) is 67.1 Å². The lowest BCUT2D eigenvalue weighted by Gasteiger charge is -2.14. The number of ether oxygens (including phenoxy) is 4. The quantitative estimate of drug-likeness (QED) is 0.427. The van der Waals surface area contributed by atoms with Gasteiger partial charge >= 0.3 is 0 Å². The van der Waals surface area contributed by atoms with Gasteiger partial charge in [0.05, 0.1) is 28.4 Å². The van der Waals surface area contributed by atoms with Crippen LogP contribution in [0, 0.1) is 0 Å². The summed E-state index contributed by atoms with van der Waals surface area (Å²) in [4.78, 5) is 5.75. The maximum Gasteiger partial charge on any atom is 0.213 e. The normalized spacial score (nSPS) is 11.0. The van der Waals surface area contributed by atoms with Crippen molar-refractivity contribution in [3.8, 4) is 45.5 Å². The molecule has 0 amide bonds. The zero-order valence-electron chi connectivity index (χ0n) is 17.6. The minimum atomic E-state index is 0.544. The first kappa shape index (κ1) is 20.0. The van der Waals surface area contributed by atoms with Crippen LogP contribution in [0.2, 0.25) is 0 Å². The van der Waals surface area contributed by atoms with Crippen molar-refractivity contribution in [3.05, 3.63) is 41.4 Å². The summed E-state index contributed by atoms with van der Waals surface area (Å²) in [5, 5.41) is 5.80. The Morgan fingerprint density at radius 1 is 0.867 bits per heavy atom. The van der Waals surface area contributed by atoms with Crippen molar-refractivity contribution >= 4 is 16.3 Å². The van der Waals surface area contributed by atoms with Gasteiger partial charge in [0.1, 0.15) is 22.1 Å². The molecule has 30 heavy (non-hydrogen) atoms. The number of nitrogens with zero attached hydrogens (tertiary/aromatic N) is 3. The zero-order chi connectivity index (χ0) is 21.3. The van der Waals surface area contributed by atoms with Gasteiger partial charge in [-0.25, -0.2) is 9.50 Å². The molecule has 156 valence electrons. The number of rotatable bonds is 7. The van der Waals surface area contributed by atoms with E-state index in [9.17, 15) is 0 Å². The molecule has 4 aromatic rings. The number of aromatic nitrogens is 3. The molecule has 0 aliphatic heterocycles. The van der Waals surface area contributed by atoms with Crippen LogP contribution in [0.3, 0.4) is 0 Å². The van der Waals surface area contributed by atoms with Crippen LogP contribution in [0.4, 0.5) is 0 Å². The maximum absolute atomic E-state index is 5.54. The molecule has 0 fully saturated rings. The van der Waals surface area contributed by atoms with Crippen LogP contribution in [0.15, 0.2) is 36.4 Å². The van der Waals surface area contributed by atoms with Crippen LogP contribution >= 0.6 is 11.3 Å². The fourth-order valence-electron chi connectivity index (χ4n) is 3.36. The Kier molecular flexibility index (Phi) is 5.50. The van der Waals surface area contributed by atoms with Gasteiger partial charge in [0.25, 0.3) is 0 Å². The molecule has 0 N–H and O–H groups in total. The molecule has 0 aliphatic rings. The third-order valence-electron chi connectivity index (χ3n) is 4.85. The van der Waals surface area contributed by atoms with E-state index in [0.717, 1.165) is 44.7 Å². The van der Waals surface area contributed by atoms with Gasteiger partial charge in [-0.15, -0.1) is 0 Å². The van der Waals surface area contributed by atoms with E-state index in [0.29, 0.717) is 17.2 Å². The Labute approximate surface area is 178 Å². The molecule has 0 spiro atoms. The molecule has 4 rings (SSSR count). The van der Waals surface area contributed by atoms with E-state index in [2.05, 4.69) is 6.92 Å². The molecule has 0 unspecified atom stereocenters. The smallest absolute Gasteiger partial charge is 0.213 e. The molecular weight excluding hydrogens is 402 g/mol. The first-order valence-corrected chi connectivity index (χ1v) is 10.3. The van der Waals surface area contributed by atoms with Crippen LogP contribution in [0.5, 0.6) is 23.0 Å². The van der Waals surface area contributed by atoms with Crippen molar-refractivity contribution < 1.29 is 18.9 Å². The standard InChI is InChI=1S/C22H23N3O4S/c1-6-18-24-25-20(13-7-9-15(26-2)10-8-13)19(23-22(25)30-18)14-11-16(27-3)21(29-5)17(12-14)28-4/h7-12H,6H2,1-5H3. The second kappa shape index (κ2) is 8.23. The molecule has 0 bridgehead atoms. The van der Waals surface area contributed by atoms with E-state index in [4.69, 9.17) is 29.0 Å². The molecule has 0 radical (unpaired) electrons. The van der Waals surface area contributed by atoms with Gasteiger partial charge in [0.2, 0.25) is 10.7 Å². The number of imidazole rings is 1. The van der Waals surface area contributed by atoms with E-state index in [1.165, 1.54) is 0 Å². The van der Waals surface area contributed by atoms with E-state index in [-0.39, 0.29) is 0 Å². The average molecular weight is 426 g/mol. The van der Waals surface area contributed by atoms with Crippen LogP contribution in [0.1, 0.15) is 11.9 Å². The zero-order valence-corrected chi connectivity index (χ0v) is 18.4. The van der Waals surface area contributed by atoms with Gasteiger partial charge in [-0.05, 0) is 42.8 Å². The summed E-state index contributed by atoms with van der Waals surface area (Å²) in [5.41, 5.74) is 3.53. The third-order valence-corrected chi connectivity index (χ3v) is 5.90. The highest BCUT2D eigenvalue weighted by Gasteiger charge is 2.22. The third kappa shape index (κ3) is 3.33. The lowest BCUT2D eigenvalue weighted by Crippen LogP contribution is -1.97. The van der Waals surface area contributed by atoms with Crippen molar-refractivity contribution in [3.63, 3.8) is 0 Å². The Hall–Kier alpha value is -3.26. The fraction of sp³-hybridized carbons (Fsp3) is 0.273. The summed E-state index contributed by atoms with van der Waals surface area (Å²) in [5.74, 6) is 2.49. The van der Waals surface area contributed by atoms with Crippen LogP contribution in [-0.2, 0) is 6.42 Å². The van der Waals surface area contributed by atoms with Crippen LogP contribution in [0.25, 0.3) is 27.5 Å². The molecule has 0 aliphatic carbocycles. The SMILES string of the molecule is CCc1nn2c(-c3ccc(OC)cc3)c(-c3cc(OC)c(OC)c(OC)c3)nc2s1. The highest BCUT2D eigenvalue weighted by molar-refractivity contribution is 7.16. The molecule has 2 aromatic heterocycles. The Balaban J connectivity index is 1.98. The van der Waals surface area contributed by atoms with Crippen LogP contribution in [-0.4, -0.2) is 43.0 Å². The first-order chi connectivity index (χ1) is 14.6. The number of fused-ring (bicyclic) bond motifs is 1. The molecule has 7 nitrogen and oxygen atoms in total. The fourth-order valence-corrected chi connectivity index (χ4v) is 4.19. The van der Waals surface area contributed by atoms with Crippen molar-refractivity contribution in [2.24, 2.45) is 0 Å². The van der Waals surface area contributed by atoms with E-state index in [1.54, 1.807) is 39.8 Å². The summed E-state index contributed by atoms with van der Waals surface area (Å²) in [6.45, 7) is 2.09. The van der Waals surface area contributed by atoms with Gasteiger partial charge in [0.15, 0.2) is 11.5 Å². The van der Waals surface area contributed by atoms with E-state index < -0.39 is 0 Å². The number of hydrogen-bond acceptors (Lipinski definition) is 7. The number of benzene rings is 2. The molecule has 0 saturated heterocycles. The lowest BCUT2D eigenvalue weighted by atomic mass is 10.0. The summed E-state index contributed by atoms with van der Waals surface area (Å²) >= 11 is 1.59.